The van der Waals surface area contributed by atoms with Gasteiger partial charge in [0.2, 0.25) is 0 Å². The fraction of sp³-hybridized carbons (Fsp3) is 0.292. The van der Waals surface area contributed by atoms with Crippen LogP contribution < -0.4 is 0 Å². The molecule has 2 aromatic carbocycles. The quantitative estimate of drug-likeness (QED) is 0.609. The summed E-state index contributed by atoms with van der Waals surface area (Å²) in [6, 6.07) is 15.3. The predicted molar refractivity (Wildman–Crippen MR) is 117 cm³/mol. The summed E-state index contributed by atoms with van der Waals surface area (Å²) in [7, 11) is 0. The standard InChI is InChI=1S/C24H23ClN4O/c1-16-22(17(2)29(27-16)21-9-8-20(15-26)23(25)14-21)13-18-6-5-7-19(12-18)24(30)28-10-3-4-11-28/h5-9,12,14H,3-4,10-11,13H2,1-2H3. The Balaban J connectivity index is 1.62. The average Bonchev–Trinajstić information content (AvgIpc) is 3.38. The molecule has 5 nitrogen and oxygen atoms in total. The number of aromatic nitrogens is 2. The van der Waals surface area contributed by atoms with Crippen molar-refractivity contribution in [2.24, 2.45) is 0 Å². The van der Waals surface area contributed by atoms with Gasteiger partial charge in [0.05, 0.1) is 22.0 Å². The molecule has 1 fully saturated rings. The first kappa shape index (κ1) is 20.2. The monoisotopic (exact) mass is 418 g/mol. The number of benzene rings is 2. The molecule has 6 heteroatoms. The topological polar surface area (TPSA) is 61.9 Å². The molecule has 0 spiro atoms. The summed E-state index contributed by atoms with van der Waals surface area (Å²) < 4.78 is 1.86. The Morgan fingerprint density at radius 3 is 2.63 bits per heavy atom. The van der Waals surface area contributed by atoms with E-state index in [1.54, 1.807) is 12.1 Å². The lowest BCUT2D eigenvalue weighted by Gasteiger charge is -2.15. The third-order valence-corrected chi connectivity index (χ3v) is 6.02. The van der Waals surface area contributed by atoms with Crippen molar-refractivity contribution >= 4 is 17.5 Å². The Bertz CT molecular complexity index is 1150. The van der Waals surface area contributed by atoms with Crippen molar-refractivity contribution in [3.8, 4) is 11.8 Å². The molecule has 3 aromatic rings. The van der Waals surface area contributed by atoms with Crippen LogP contribution in [0.2, 0.25) is 5.02 Å². The van der Waals surface area contributed by atoms with Gasteiger partial charge >= 0.3 is 0 Å². The summed E-state index contributed by atoms with van der Waals surface area (Å²) in [5.74, 6) is 0.116. The normalized spacial score (nSPS) is 13.5. The van der Waals surface area contributed by atoms with Gasteiger partial charge in [0, 0.05) is 36.3 Å². The fourth-order valence-electron chi connectivity index (χ4n) is 4.03. The van der Waals surface area contributed by atoms with Gasteiger partial charge < -0.3 is 4.90 Å². The molecule has 0 N–H and O–H groups in total. The first-order valence-electron chi connectivity index (χ1n) is 10.1. The lowest BCUT2D eigenvalue weighted by atomic mass is 10.0. The van der Waals surface area contributed by atoms with Gasteiger partial charge in [-0.2, -0.15) is 10.4 Å². The molecule has 1 aromatic heterocycles. The number of hydrogen-bond acceptors (Lipinski definition) is 3. The number of amides is 1. The smallest absolute Gasteiger partial charge is 0.253 e. The van der Waals surface area contributed by atoms with Crippen LogP contribution in [0.3, 0.4) is 0 Å². The summed E-state index contributed by atoms with van der Waals surface area (Å²) in [6.45, 7) is 5.71. The number of nitriles is 1. The minimum Gasteiger partial charge on any atom is -0.339 e. The van der Waals surface area contributed by atoms with Crippen LogP contribution >= 0.6 is 11.6 Å². The van der Waals surface area contributed by atoms with E-state index in [1.807, 2.05) is 47.7 Å². The van der Waals surface area contributed by atoms with Gasteiger partial charge in [-0.25, -0.2) is 4.68 Å². The molecule has 152 valence electrons. The van der Waals surface area contributed by atoms with E-state index in [1.165, 1.54) is 0 Å². The Kier molecular flexibility index (Phi) is 5.61. The van der Waals surface area contributed by atoms with Crippen molar-refractivity contribution in [2.45, 2.75) is 33.1 Å². The number of halogens is 1. The lowest BCUT2D eigenvalue weighted by Crippen LogP contribution is -2.27. The van der Waals surface area contributed by atoms with Crippen molar-refractivity contribution < 1.29 is 4.79 Å². The Hall–Kier alpha value is -3.10. The highest BCUT2D eigenvalue weighted by Crippen LogP contribution is 2.25. The van der Waals surface area contributed by atoms with Crippen molar-refractivity contribution in [2.75, 3.05) is 13.1 Å². The first-order chi connectivity index (χ1) is 14.5. The Morgan fingerprint density at radius 1 is 1.17 bits per heavy atom. The Labute approximate surface area is 181 Å². The molecule has 0 aliphatic carbocycles. The number of aryl methyl sites for hydroxylation is 1. The number of likely N-dealkylation sites (tertiary alicyclic amines) is 1. The second-order valence-electron chi connectivity index (χ2n) is 7.71. The van der Waals surface area contributed by atoms with Crippen molar-refractivity contribution in [1.82, 2.24) is 14.7 Å². The summed E-state index contributed by atoms with van der Waals surface area (Å²) in [5.41, 5.74) is 6.18. The minimum absolute atomic E-state index is 0.116. The lowest BCUT2D eigenvalue weighted by molar-refractivity contribution is 0.0792. The van der Waals surface area contributed by atoms with Gasteiger partial charge in [0.1, 0.15) is 6.07 Å². The second kappa shape index (κ2) is 8.33. The molecule has 0 unspecified atom stereocenters. The molecule has 0 atom stereocenters. The van der Waals surface area contributed by atoms with Crippen molar-refractivity contribution in [3.05, 3.63) is 81.1 Å². The molecule has 0 saturated carbocycles. The van der Waals surface area contributed by atoms with Gasteiger partial charge in [0.15, 0.2) is 0 Å². The van der Waals surface area contributed by atoms with E-state index in [-0.39, 0.29) is 5.91 Å². The van der Waals surface area contributed by atoms with Gasteiger partial charge in [-0.3, -0.25) is 4.79 Å². The van der Waals surface area contributed by atoms with Gasteiger partial charge in [-0.1, -0.05) is 23.7 Å². The maximum absolute atomic E-state index is 12.7. The Morgan fingerprint density at radius 2 is 1.93 bits per heavy atom. The molecule has 30 heavy (non-hydrogen) atoms. The van der Waals surface area contributed by atoms with E-state index in [0.717, 1.165) is 59.7 Å². The van der Waals surface area contributed by atoms with Crippen LogP contribution in [-0.2, 0) is 6.42 Å². The van der Waals surface area contributed by atoms with Crippen molar-refractivity contribution in [1.29, 1.82) is 5.26 Å². The summed E-state index contributed by atoms with van der Waals surface area (Å²) in [5, 5.41) is 14.2. The molecule has 0 bridgehead atoms. The van der Waals surface area contributed by atoms with Crippen LogP contribution in [0.5, 0.6) is 0 Å². The van der Waals surface area contributed by atoms with E-state index in [4.69, 9.17) is 22.0 Å². The third-order valence-electron chi connectivity index (χ3n) is 5.71. The highest BCUT2D eigenvalue weighted by atomic mass is 35.5. The number of carbonyl (C=O) groups excluding carboxylic acids is 1. The molecule has 1 saturated heterocycles. The van der Waals surface area contributed by atoms with Gasteiger partial charge in [0.25, 0.3) is 5.91 Å². The number of nitrogens with zero attached hydrogens (tertiary/aromatic N) is 4. The second-order valence-corrected chi connectivity index (χ2v) is 8.12. The third kappa shape index (κ3) is 3.83. The fourth-order valence-corrected chi connectivity index (χ4v) is 4.25. The van der Waals surface area contributed by atoms with Crippen molar-refractivity contribution in [3.63, 3.8) is 0 Å². The number of rotatable bonds is 4. The molecular weight excluding hydrogens is 396 g/mol. The highest BCUT2D eigenvalue weighted by molar-refractivity contribution is 6.31. The molecular formula is C24H23ClN4O. The summed E-state index contributed by atoms with van der Waals surface area (Å²) in [6.07, 6.45) is 2.87. The van der Waals surface area contributed by atoms with Crippen LogP contribution in [0.1, 0.15) is 51.3 Å². The molecule has 1 aliphatic heterocycles. The van der Waals surface area contributed by atoms with Crippen LogP contribution in [0, 0.1) is 25.2 Å². The van der Waals surface area contributed by atoms with E-state index in [0.29, 0.717) is 17.0 Å². The maximum atomic E-state index is 12.7. The zero-order valence-corrected chi connectivity index (χ0v) is 17.9. The maximum Gasteiger partial charge on any atom is 0.253 e. The first-order valence-corrected chi connectivity index (χ1v) is 10.5. The number of hydrogen-bond donors (Lipinski definition) is 0. The molecule has 0 radical (unpaired) electrons. The van der Waals surface area contributed by atoms with Crippen LogP contribution in [0.15, 0.2) is 42.5 Å². The summed E-state index contributed by atoms with van der Waals surface area (Å²) in [4.78, 5) is 14.7. The summed E-state index contributed by atoms with van der Waals surface area (Å²) >= 11 is 6.21. The zero-order valence-electron chi connectivity index (χ0n) is 17.2. The highest BCUT2D eigenvalue weighted by Gasteiger charge is 2.20. The molecule has 4 rings (SSSR count). The van der Waals surface area contributed by atoms with E-state index in [2.05, 4.69) is 12.1 Å². The van der Waals surface area contributed by atoms with E-state index < -0.39 is 0 Å². The molecule has 2 heterocycles. The van der Waals surface area contributed by atoms with Gasteiger partial charge in [-0.15, -0.1) is 0 Å². The van der Waals surface area contributed by atoms with Crippen LogP contribution in [-0.4, -0.2) is 33.7 Å². The van der Waals surface area contributed by atoms with Gasteiger partial charge in [-0.05, 0) is 62.6 Å². The largest absolute Gasteiger partial charge is 0.339 e. The van der Waals surface area contributed by atoms with Crippen LogP contribution in [0.4, 0.5) is 0 Å². The zero-order chi connectivity index (χ0) is 21.3. The number of carbonyl (C=O) groups is 1. The predicted octanol–water partition coefficient (Wildman–Crippen LogP) is 4.84. The SMILES string of the molecule is Cc1nn(-c2ccc(C#N)c(Cl)c2)c(C)c1Cc1cccc(C(=O)N2CCCC2)c1. The van der Waals surface area contributed by atoms with Crippen LogP contribution in [0.25, 0.3) is 5.69 Å². The molecule has 1 amide bonds. The van der Waals surface area contributed by atoms with E-state index in [9.17, 15) is 4.79 Å². The van der Waals surface area contributed by atoms with E-state index >= 15 is 0 Å². The average molecular weight is 419 g/mol. The minimum atomic E-state index is 0.116. The molecule has 1 aliphatic rings.